The highest BCUT2D eigenvalue weighted by Crippen LogP contribution is 2.12. The fourth-order valence-electron chi connectivity index (χ4n) is 2.03. The van der Waals surface area contributed by atoms with Crippen LogP contribution in [0.25, 0.3) is 11.4 Å². The fourth-order valence-corrected chi connectivity index (χ4v) is 2.03. The smallest absolute Gasteiger partial charge is 0.407 e. The summed E-state index contributed by atoms with van der Waals surface area (Å²) in [7, 11) is 0. The van der Waals surface area contributed by atoms with Gasteiger partial charge in [-0.25, -0.2) is 9.78 Å². The summed E-state index contributed by atoms with van der Waals surface area (Å²) in [6.07, 6.45) is 2.92. The number of rotatable bonds is 5. The van der Waals surface area contributed by atoms with Gasteiger partial charge in [0.1, 0.15) is 12.4 Å². The molecular weight excluding hydrogens is 292 g/mol. The molecule has 1 amide bonds. The average Bonchev–Trinajstić information content (AvgIpc) is 3.09. The van der Waals surface area contributed by atoms with Crippen molar-refractivity contribution in [1.82, 2.24) is 20.3 Å². The minimum Gasteiger partial charge on any atom is -0.445 e. The van der Waals surface area contributed by atoms with Crippen molar-refractivity contribution in [2.75, 3.05) is 0 Å². The summed E-state index contributed by atoms with van der Waals surface area (Å²) in [4.78, 5) is 23.2. The summed E-state index contributed by atoms with van der Waals surface area (Å²) in [5.41, 5.74) is 2.55. The summed E-state index contributed by atoms with van der Waals surface area (Å²) in [6, 6.07) is 15.2. The van der Waals surface area contributed by atoms with Gasteiger partial charge in [0, 0.05) is 6.20 Å². The molecule has 0 bridgehead atoms. The second-order valence-electron chi connectivity index (χ2n) is 4.87. The third-order valence-electron chi connectivity index (χ3n) is 3.18. The zero-order valence-corrected chi connectivity index (χ0v) is 12.4. The molecule has 2 aromatic heterocycles. The first-order valence-electron chi connectivity index (χ1n) is 7.21. The van der Waals surface area contributed by atoms with Crippen LogP contribution in [-0.4, -0.2) is 21.0 Å². The highest BCUT2D eigenvalue weighted by Gasteiger charge is 2.07. The van der Waals surface area contributed by atoms with E-state index in [0.717, 1.165) is 17.0 Å². The summed E-state index contributed by atoms with van der Waals surface area (Å²) in [5, 5.41) is 2.66. The number of hydrogen-bond donors (Lipinski definition) is 2. The van der Waals surface area contributed by atoms with Crippen LogP contribution in [0, 0.1) is 0 Å². The number of nitrogens with one attached hydrogen (secondary N) is 2. The quantitative estimate of drug-likeness (QED) is 0.759. The van der Waals surface area contributed by atoms with Crippen molar-refractivity contribution in [3.63, 3.8) is 0 Å². The van der Waals surface area contributed by atoms with Crippen LogP contribution in [0.5, 0.6) is 0 Å². The number of carbonyl (C=O) groups is 1. The molecule has 0 spiro atoms. The Hall–Kier alpha value is -3.15. The zero-order valence-electron chi connectivity index (χ0n) is 12.4. The first kappa shape index (κ1) is 14.8. The summed E-state index contributed by atoms with van der Waals surface area (Å²) in [5.74, 6) is 0.641. The Bertz CT molecular complexity index is 757. The van der Waals surface area contributed by atoms with Crippen molar-refractivity contribution in [3.8, 4) is 11.4 Å². The van der Waals surface area contributed by atoms with Gasteiger partial charge in [-0.05, 0) is 17.7 Å². The van der Waals surface area contributed by atoms with Gasteiger partial charge in [0.15, 0.2) is 0 Å². The van der Waals surface area contributed by atoms with E-state index in [0.29, 0.717) is 5.82 Å². The standard InChI is InChI=1S/C17H16N4O2/c22-17(23-12-13-6-2-1-3-7-13)20-11-16-19-10-15(21-16)14-8-4-5-9-18-14/h1-10H,11-12H2,(H,19,21)(H,20,22). The molecule has 0 unspecified atom stereocenters. The van der Waals surface area contributed by atoms with Gasteiger partial charge in [0.2, 0.25) is 0 Å². The topological polar surface area (TPSA) is 79.9 Å². The van der Waals surface area contributed by atoms with Crippen molar-refractivity contribution in [2.24, 2.45) is 0 Å². The SMILES string of the molecule is O=C(NCc1ncc(-c2ccccn2)[nH]1)OCc1ccccc1. The molecule has 116 valence electrons. The molecule has 2 N–H and O–H groups in total. The maximum absolute atomic E-state index is 11.7. The van der Waals surface area contributed by atoms with E-state index in [1.807, 2.05) is 48.5 Å². The maximum Gasteiger partial charge on any atom is 0.407 e. The van der Waals surface area contributed by atoms with Crippen LogP contribution in [0.2, 0.25) is 0 Å². The minimum atomic E-state index is -0.482. The normalized spacial score (nSPS) is 10.3. The Kier molecular flexibility index (Phi) is 4.63. The van der Waals surface area contributed by atoms with Crippen LogP contribution < -0.4 is 5.32 Å². The van der Waals surface area contributed by atoms with Crippen molar-refractivity contribution in [2.45, 2.75) is 13.2 Å². The third kappa shape index (κ3) is 4.16. The van der Waals surface area contributed by atoms with E-state index in [1.54, 1.807) is 12.4 Å². The fraction of sp³-hybridized carbons (Fsp3) is 0.118. The number of aromatic amines is 1. The molecular formula is C17H16N4O2. The lowest BCUT2D eigenvalue weighted by molar-refractivity contribution is 0.139. The second kappa shape index (κ2) is 7.22. The number of carbonyl (C=O) groups excluding carboxylic acids is 1. The minimum absolute atomic E-state index is 0.240. The van der Waals surface area contributed by atoms with Gasteiger partial charge in [-0.3, -0.25) is 4.98 Å². The zero-order chi connectivity index (χ0) is 15.9. The predicted molar refractivity (Wildman–Crippen MR) is 85.3 cm³/mol. The molecule has 0 aliphatic heterocycles. The molecule has 3 rings (SSSR count). The first-order valence-corrected chi connectivity index (χ1v) is 7.21. The summed E-state index contributed by atoms with van der Waals surface area (Å²) < 4.78 is 5.14. The van der Waals surface area contributed by atoms with Gasteiger partial charge in [-0.15, -0.1) is 0 Å². The Morgan fingerprint density at radius 1 is 1.09 bits per heavy atom. The monoisotopic (exact) mass is 308 g/mol. The van der Waals surface area contributed by atoms with Crippen LogP contribution in [0.4, 0.5) is 4.79 Å². The molecule has 0 radical (unpaired) electrons. The van der Waals surface area contributed by atoms with Crippen LogP contribution in [0.1, 0.15) is 11.4 Å². The molecule has 0 fully saturated rings. The molecule has 6 nitrogen and oxygen atoms in total. The number of amides is 1. The van der Waals surface area contributed by atoms with Gasteiger partial charge in [0.25, 0.3) is 0 Å². The average molecular weight is 308 g/mol. The highest BCUT2D eigenvalue weighted by molar-refractivity contribution is 5.67. The Morgan fingerprint density at radius 2 is 1.91 bits per heavy atom. The number of hydrogen-bond acceptors (Lipinski definition) is 4. The Labute approximate surface area is 133 Å². The van der Waals surface area contributed by atoms with Gasteiger partial charge in [0.05, 0.1) is 24.1 Å². The van der Waals surface area contributed by atoms with Crippen molar-refractivity contribution >= 4 is 6.09 Å². The van der Waals surface area contributed by atoms with E-state index in [1.165, 1.54) is 0 Å². The number of benzene rings is 1. The Morgan fingerprint density at radius 3 is 2.70 bits per heavy atom. The van der Waals surface area contributed by atoms with Crippen LogP contribution in [0.3, 0.4) is 0 Å². The largest absolute Gasteiger partial charge is 0.445 e. The first-order chi connectivity index (χ1) is 11.3. The molecule has 0 atom stereocenters. The number of imidazole rings is 1. The van der Waals surface area contributed by atoms with Gasteiger partial charge in [-0.1, -0.05) is 36.4 Å². The third-order valence-corrected chi connectivity index (χ3v) is 3.18. The summed E-state index contributed by atoms with van der Waals surface area (Å²) >= 11 is 0. The number of H-pyrrole nitrogens is 1. The number of alkyl carbamates (subject to hydrolysis) is 1. The van der Waals surface area contributed by atoms with Crippen LogP contribution >= 0.6 is 0 Å². The summed E-state index contributed by atoms with van der Waals surface area (Å²) in [6.45, 7) is 0.504. The molecule has 6 heteroatoms. The lowest BCUT2D eigenvalue weighted by atomic mass is 10.2. The van der Waals surface area contributed by atoms with E-state index in [4.69, 9.17) is 4.74 Å². The number of ether oxygens (including phenoxy) is 1. The van der Waals surface area contributed by atoms with Gasteiger partial charge in [-0.2, -0.15) is 0 Å². The number of nitrogens with zero attached hydrogens (tertiary/aromatic N) is 2. The molecule has 0 saturated heterocycles. The van der Waals surface area contributed by atoms with Gasteiger partial charge >= 0.3 is 6.09 Å². The predicted octanol–water partition coefficient (Wildman–Crippen LogP) is 2.90. The van der Waals surface area contributed by atoms with E-state index in [9.17, 15) is 4.79 Å². The number of pyridine rings is 1. The lowest BCUT2D eigenvalue weighted by Gasteiger charge is -2.05. The second-order valence-corrected chi connectivity index (χ2v) is 4.87. The van der Waals surface area contributed by atoms with Crippen molar-refractivity contribution in [3.05, 3.63) is 72.3 Å². The van der Waals surface area contributed by atoms with Crippen LogP contribution in [-0.2, 0) is 17.9 Å². The maximum atomic E-state index is 11.7. The molecule has 2 heterocycles. The Balaban J connectivity index is 1.49. The molecule has 0 saturated carbocycles. The molecule has 0 aliphatic rings. The number of aromatic nitrogens is 3. The molecule has 1 aromatic carbocycles. The lowest BCUT2D eigenvalue weighted by Crippen LogP contribution is -2.24. The van der Waals surface area contributed by atoms with E-state index < -0.39 is 6.09 Å². The van der Waals surface area contributed by atoms with E-state index >= 15 is 0 Å². The van der Waals surface area contributed by atoms with Crippen molar-refractivity contribution < 1.29 is 9.53 Å². The van der Waals surface area contributed by atoms with Crippen LogP contribution in [0.15, 0.2) is 60.9 Å². The molecule has 3 aromatic rings. The van der Waals surface area contributed by atoms with Crippen molar-refractivity contribution in [1.29, 1.82) is 0 Å². The highest BCUT2D eigenvalue weighted by atomic mass is 16.5. The van der Waals surface area contributed by atoms with E-state index in [2.05, 4.69) is 20.3 Å². The molecule has 0 aliphatic carbocycles. The van der Waals surface area contributed by atoms with Gasteiger partial charge < -0.3 is 15.0 Å². The van der Waals surface area contributed by atoms with E-state index in [-0.39, 0.29) is 13.2 Å². The molecule has 23 heavy (non-hydrogen) atoms.